The van der Waals surface area contributed by atoms with E-state index in [9.17, 15) is 9.59 Å². The predicted molar refractivity (Wildman–Crippen MR) is 78.1 cm³/mol. The third-order valence-electron chi connectivity index (χ3n) is 3.12. The SMILES string of the molecule is O=CC(=O)CCCC=CCCCCCCCCCO. The van der Waals surface area contributed by atoms with E-state index in [0.717, 1.165) is 32.1 Å². The summed E-state index contributed by atoms with van der Waals surface area (Å²) in [4.78, 5) is 20.8. The van der Waals surface area contributed by atoms with Gasteiger partial charge >= 0.3 is 0 Å². The van der Waals surface area contributed by atoms with Crippen molar-refractivity contribution in [1.29, 1.82) is 0 Å². The minimum Gasteiger partial charge on any atom is -0.396 e. The lowest BCUT2D eigenvalue weighted by molar-refractivity contribution is -0.129. The van der Waals surface area contributed by atoms with E-state index in [0.29, 0.717) is 19.3 Å². The molecule has 110 valence electrons. The zero-order valence-corrected chi connectivity index (χ0v) is 12.0. The molecule has 0 rings (SSSR count). The van der Waals surface area contributed by atoms with Crippen LogP contribution >= 0.6 is 0 Å². The normalized spacial score (nSPS) is 11.0. The quantitative estimate of drug-likeness (QED) is 0.227. The van der Waals surface area contributed by atoms with Crippen LogP contribution < -0.4 is 0 Å². The fraction of sp³-hybridized carbons (Fsp3) is 0.750. The smallest absolute Gasteiger partial charge is 0.195 e. The maximum Gasteiger partial charge on any atom is 0.195 e. The van der Waals surface area contributed by atoms with Crippen molar-refractivity contribution in [1.82, 2.24) is 0 Å². The molecule has 0 atom stereocenters. The van der Waals surface area contributed by atoms with Gasteiger partial charge in [0.05, 0.1) is 0 Å². The van der Waals surface area contributed by atoms with Crippen LogP contribution in [0.2, 0.25) is 0 Å². The van der Waals surface area contributed by atoms with Crippen molar-refractivity contribution in [3.05, 3.63) is 12.2 Å². The Balaban J connectivity index is 3.12. The fourth-order valence-electron chi connectivity index (χ4n) is 1.95. The van der Waals surface area contributed by atoms with Crippen molar-refractivity contribution >= 4 is 12.1 Å². The van der Waals surface area contributed by atoms with E-state index >= 15 is 0 Å². The molecule has 0 unspecified atom stereocenters. The zero-order valence-electron chi connectivity index (χ0n) is 12.0. The zero-order chi connectivity index (χ0) is 14.2. The van der Waals surface area contributed by atoms with Gasteiger partial charge < -0.3 is 5.11 Å². The first-order valence-corrected chi connectivity index (χ1v) is 7.55. The molecule has 0 heterocycles. The number of rotatable bonds is 14. The molecule has 3 nitrogen and oxygen atoms in total. The Morgan fingerprint density at radius 3 is 1.89 bits per heavy atom. The van der Waals surface area contributed by atoms with Gasteiger partial charge in [0.25, 0.3) is 0 Å². The second kappa shape index (κ2) is 15.1. The monoisotopic (exact) mass is 268 g/mol. The van der Waals surface area contributed by atoms with Gasteiger partial charge in [0, 0.05) is 13.0 Å². The van der Waals surface area contributed by atoms with Crippen LogP contribution in [0.1, 0.15) is 70.6 Å². The van der Waals surface area contributed by atoms with Crippen LogP contribution in [0, 0.1) is 0 Å². The van der Waals surface area contributed by atoms with Gasteiger partial charge in [-0.25, -0.2) is 0 Å². The summed E-state index contributed by atoms with van der Waals surface area (Å²) in [7, 11) is 0. The van der Waals surface area contributed by atoms with Crippen molar-refractivity contribution in [2.45, 2.75) is 70.6 Å². The highest BCUT2D eigenvalue weighted by Crippen LogP contribution is 2.09. The van der Waals surface area contributed by atoms with E-state index in [4.69, 9.17) is 5.11 Å². The third-order valence-corrected chi connectivity index (χ3v) is 3.12. The molecular formula is C16H28O3. The van der Waals surface area contributed by atoms with Gasteiger partial charge in [-0.05, 0) is 32.1 Å². The summed E-state index contributed by atoms with van der Waals surface area (Å²) in [6.45, 7) is 0.323. The number of hydrogen-bond acceptors (Lipinski definition) is 3. The first-order chi connectivity index (χ1) is 9.31. The van der Waals surface area contributed by atoms with Gasteiger partial charge in [-0.2, -0.15) is 0 Å². The molecule has 1 N–H and O–H groups in total. The topological polar surface area (TPSA) is 54.4 Å². The Hall–Kier alpha value is -0.960. The summed E-state index contributed by atoms with van der Waals surface area (Å²) in [5, 5.41) is 8.63. The number of aliphatic hydroxyl groups is 1. The molecule has 0 spiro atoms. The van der Waals surface area contributed by atoms with E-state index in [2.05, 4.69) is 12.2 Å². The number of carbonyl (C=O) groups is 2. The Kier molecular flexibility index (Phi) is 14.3. The van der Waals surface area contributed by atoms with Crippen LogP contribution in [0.5, 0.6) is 0 Å². The number of aldehydes is 1. The Labute approximate surface area is 117 Å². The maximum absolute atomic E-state index is 10.7. The summed E-state index contributed by atoms with van der Waals surface area (Å²) < 4.78 is 0. The molecule has 19 heavy (non-hydrogen) atoms. The standard InChI is InChI=1S/C16H28O3/c17-14-12-10-8-6-4-2-1-3-5-7-9-11-13-16(19)15-18/h5,7,15,17H,1-4,6,8-14H2. The minimum atomic E-state index is -0.297. The lowest BCUT2D eigenvalue weighted by Gasteiger charge is -1.99. The van der Waals surface area contributed by atoms with E-state index in [-0.39, 0.29) is 5.78 Å². The van der Waals surface area contributed by atoms with Gasteiger partial charge in [-0.3, -0.25) is 9.59 Å². The van der Waals surface area contributed by atoms with Gasteiger partial charge in [0.1, 0.15) is 0 Å². The molecule has 0 aliphatic heterocycles. The Morgan fingerprint density at radius 2 is 1.32 bits per heavy atom. The summed E-state index contributed by atoms with van der Waals surface area (Å²) in [5.41, 5.74) is 0. The molecule has 0 saturated carbocycles. The van der Waals surface area contributed by atoms with Crippen LogP contribution in [0.25, 0.3) is 0 Å². The Bertz CT molecular complexity index is 246. The van der Waals surface area contributed by atoms with Crippen molar-refractivity contribution in [3.8, 4) is 0 Å². The highest BCUT2D eigenvalue weighted by Gasteiger charge is 1.96. The van der Waals surface area contributed by atoms with E-state index in [1.807, 2.05) is 0 Å². The van der Waals surface area contributed by atoms with Crippen LogP contribution in [0.4, 0.5) is 0 Å². The molecule has 0 aromatic rings. The van der Waals surface area contributed by atoms with Crippen molar-refractivity contribution in [3.63, 3.8) is 0 Å². The third kappa shape index (κ3) is 15.0. The molecule has 0 bridgehead atoms. The maximum atomic E-state index is 10.7. The summed E-state index contributed by atoms with van der Waals surface area (Å²) in [6, 6.07) is 0. The fourth-order valence-corrected chi connectivity index (χ4v) is 1.95. The lowest BCUT2D eigenvalue weighted by atomic mass is 10.1. The average molecular weight is 268 g/mol. The Morgan fingerprint density at radius 1 is 0.789 bits per heavy atom. The molecule has 0 saturated heterocycles. The van der Waals surface area contributed by atoms with Crippen molar-refractivity contribution in [2.75, 3.05) is 6.61 Å². The largest absolute Gasteiger partial charge is 0.396 e. The summed E-state index contributed by atoms with van der Waals surface area (Å²) in [5.74, 6) is -0.297. The number of carbonyl (C=O) groups excluding carboxylic acids is 2. The molecule has 0 amide bonds. The molecule has 0 radical (unpaired) electrons. The van der Waals surface area contributed by atoms with Crippen molar-refractivity contribution < 1.29 is 14.7 Å². The van der Waals surface area contributed by atoms with Crippen molar-refractivity contribution in [2.24, 2.45) is 0 Å². The number of unbranched alkanes of at least 4 members (excludes halogenated alkanes) is 8. The summed E-state index contributed by atoms with van der Waals surface area (Å²) in [6.07, 6.45) is 16.2. The second-order valence-corrected chi connectivity index (χ2v) is 4.93. The van der Waals surface area contributed by atoms with Crippen LogP contribution in [0.15, 0.2) is 12.2 Å². The van der Waals surface area contributed by atoms with Gasteiger partial charge in [-0.1, -0.05) is 44.3 Å². The molecule has 0 aliphatic rings. The summed E-state index contributed by atoms with van der Waals surface area (Å²) >= 11 is 0. The van der Waals surface area contributed by atoms with Crippen LogP contribution in [-0.2, 0) is 9.59 Å². The van der Waals surface area contributed by atoms with Crippen LogP contribution in [-0.4, -0.2) is 23.8 Å². The van der Waals surface area contributed by atoms with E-state index < -0.39 is 0 Å². The lowest BCUT2D eigenvalue weighted by Crippen LogP contribution is -1.96. The number of ketones is 1. The van der Waals surface area contributed by atoms with E-state index in [1.165, 1.54) is 32.1 Å². The first kappa shape index (κ1) is 18.0. The minimum absolute atomic E-state index is 0.297. The predicted octanol–water partition coefficient (Wildman–Crippen LogP) is 3.59. The molecule has 0 aliphatic carbocycles. The van der Waals surface area contributed by atoms with Gasteiger partial charge in [0.2, 0.25) is 0 Å². The molecule has 0 aromatic heterocycles. The number of Topliss-reactive ketones (excluding diaryl/α,β-unsaturated/α-hetero) is 1. The first-order valence-electron chi connectivity index (χ1n) is 7.55. The van der Waals surface area contributed by atoms with Gasteiger partial charge in [0.15, 0.2) is 12.1 Å². The molecular weight excluding hydrogens is 240 g/mol. The second-order valence-electron chi connectivity index (χ2n) is 4.93. The number of hydrogen-bond donors (Lipinski definition) is 1. The molecule has 3 heteroatoms. The number of aliphatic hydroxyl groups excluding tert-OH is 1. The molecule has 0 aromatic carbocycles. The average Bonchev–Trinajstić information content (AvgIpc) is 2.43. The highest BCUT2D eigenvalue weighted by atomic mass is 16.2. The van der Waals surface area contributed by atoms with E-state index in [1.54, 1.807) is 0 Å². The van der Waals surface area contributed by atoms with Gasteiger partial charge in [-0.15, -0.1) is 0 Å². The molecule has 0 fully saturated rings. The van der Waals surface area contributed by atoms with Crippen LogP contribution in [0.3, 0.4) is 0 Å². The highest BCUT2D eigenvalue weighted by molar-refractivity contribution is 6.24. The number of allylic oxidation sites excluding steroid dienone is 2.